The Labute approximate surface area is 86.6 Å². The number of alkyl halides is 1. The maximum absolute atomic E-state index is 11.3. The van der Waals surface area contributed by atoms with Crippen LogP contribution < -0.4 is 5.73 Å². The van der Waals surface area contributed by atoms with Gasteiger partial charge in [0.2, 0.25) is 0 Å². The number of carbonyl (C=O) groups is 1. The molecule has 0 unspecified atom stereocenters. The van der Waals surface area contributed by atoms with Crippen molar-refractivity contribution in [3.05, 3.63) is 28.3 Å². The van der Waals surface area contributed by atoms with Gasteiger partial charge in [0.1, 0.15) is 0 Å². The number of halogens is 2. The number of hydrogen-bond donors (Lipinski definition) is 1. The average molecular weight is 218 g/mol. The standard InChI is InChI=1S/C9H9Cl2NO/c1-5-2-7(11)8(12)3-6(5)9(13)4-10/h2-3H,4,12H2,1H3. The van der Waals surface area contributed by atoms with Crippen molar-refractivity contribution in [1.82, 2.24) is 0 Å². The van der Waals surface area contributed by atoms with E-state index in [1.165, 1.54) is 0 Å². The van der Waals surface area contributed by atoms with E-state index in [2.05, 4.69) is 0 Å². The fourth-order valence-electron chi connectivity index (χ4n) is 1.06. The summed E-state index contributed by atoms with van der Waals surface area (Å²) in [6.07, 6.45) is 0. The second-order valence-electron chi connectivity index (χ2n) is 2.75. The van der Waals surface area contributed by atoms with E-state index in [1.807, 2.05) is 0 Å². The highest BCUT2D eigenvalue weighted by Gasteiger charge is 2.09. The van der Waals surface area contributed by atoms with Crippen molar-refractivity contribution < 1.29 is 4.79 Å². The van der Waals surface area contributed by atoms with E-state index in [4.69, 9.17) is 28.9 Å². The predicted octanol–water partition coefficient (Wildman–Crippen LogP) is 2.65. The molecule has 0 heterocycles. The van der Waals surface area contributed by atoms with E-state index in [-0.39, 0.29) is 11.7 Å². The normalized spacial score (nSPS) is 10.1. The summed E-state index contributed by atoms with van der Waals surface area (Å²) in [5.74, 6) is -0.176. The summed E-state index contributed by atoms with van der Waals surface area (Å²) in [5.41, 5.74) is 7.29. The van der Waals surface area contributed by atoms with Gasteiger partial charge in [0.15, 0.2) is 5.78 Å². The Morgan fingerprint density at radius 2 is 2.15 bits per heavy atom. The van der Waals surface area contributed by atoms with Gasteiger partial charge >= 0.3 is 0 Å². The Balaban J connectivity index is 3.23. The van der Waals surface area contributed by atoms with Gasteiger partial charge in [0.05, 0.1) is 16.6 Å². The molecule has 0 spiro atoms. The maximum Gasteiger partial charge on any atom is 0.177 e. The molecule has 0 saturated heterocycles. The van der Waals surface area contributed by atoms with Crippen molar-refractivity contribution >= 4 is 34.7 Å². The zero-order valence-electron chi connectivity index (χ0n) is 7.10. The monoisotopic (exact) mass is 217 g/mol. The number of rotatable bonds is 2. The van der Waals surface area contributed by atoms with Gasteiger partial charge in [0.25, 0.3) is 0 Å². The molecule has 4 heteroatoms. The van der Waals surface area contributed by atoms with E-state index >= 15 is 0 Å². The molecule has 0 aliphatic heterocycles. The van der Waals surface area contributed by atoms with Crippen LogP contribution in [0.3, 0.4) is 0 Å². The van der Waals surface area contributed by atoms with Gasteiger partial charge in [-0.15, -0.1) is 11.6 Å². The van der Waals surface area contributed by atoms with Crippen LogP contribution in [0.5, 0.6) is 0 Å². The molecule has 1 rings (SSSR count). The Hall–Kier alpha value is -0.730. The molecule has 0 radical (unpaired) electrons. The summed E-state index contributed by atoms with van der Waals surface area (Å²) >= 11 is 11.2. The minimum absolute atomic E-state index is 0.0398. The van der Waals surface area contributed by atoms with Crippen molar-refractivity contribution in [2.45, 2.75) is 6.92 Å². The number of benzene rings is 1. The third kappa shape index (κ3) is 2.14. The molecule has 0 fully saturated rings. The lowest BCUT2D eigenvalue weighted by molar-refractivity contribution is 0.102. The van der Waals surface area contributed by atoms with Crippen LogP contribution in [-0.4, -0.2) is 11.7 Å². The lowest BCUT2D eigenvalue weighted by Crippen LogP contribution is -2.04. The summed E-state index contributed by atoms with van der Waals surface area (Å²) < 4.78 is 0. The number of anilines is 1. The predicted molar refractivity (Wildman–Crippen MR) is 55.7 cm³/mol. The molecular formula is C9H9Cl2NO. The summed E-state index contributed by atoms with van der Waals surface area (Å²) in [4.78, 5) is 11.3. The number of nitrogens with two attached hydrogens (primary N) is 1. The van der Waals surface area contributed by atoms with Gasteiger partial charge in [-0.25, -0.2) is 0 Å². The maximum atomic E-state index is 11.3. The van der Waals surface area contributed by atoms with Crippen molar-refractivity contribution in [3.8, 4) is 0 Å². The third-order valence-electron chi connectivity index (χ3n) is 1.77. The zero-order valence-corrected chi connectivity index (χ0v) is 8.62. The number of carbonyl (C=O) groups excluding carboxylic acids is 1. The van der Waals surface area contributed by atoms with Gasteiger partial charge in [-0.3, -0.25) is 4.79 Å². The first kappa shape index (κ1) is 10.4. The second-order valence-corrected chi connectivity index (χ2v) is 3.42. The topological polar surface area (TPSA) is 43.1 Å². The van der Waals surface area contributed by atoms with E-state index < -0.39 is 0 Å². The van der Waals surface area contributed by atoms with Crippen molar-refractivity contribution in [3.63, 3.8) is 0 Å². The Bertz CT molecular complexity index is 350. The Morgan fingerprint density at radius 3 is 2.69 bits per heavy atom. The molecule has 0 saturated carbocycles. The summed E-state index contributed by atoms with van der Waals surface area (Å²) in [5, 5.41) is 0.462. The first-order chi connectivity index (χ1) is 6.06. The molecule has 0 aliphatic carbocycles. The van der Waals surface area contributed by atoms with Crippen LogP contribution in [0.2, 0.25) is 5.02 Å². The smallest absolute Gasteiger partial charge is 0.177 e. The summed E-state index contributed by atoms with van der Waals surface area (Å²) in [6, 6.07) is 3.22. The third-order valence-corrected chi connectivity index (χ3v) is 2.34. The first-order valence-corrected chi connectivity index (χ1v) is 4.62. The zero-order chi connectivity index (χ0) is 10.0. The Kier molecular flexibility index (Phi) is 3.17. The SMILES string of the molecule is Cc1cc(Cl)c(N)cc1C(=O)CCl. The lowest BCUT2D eigenvalue weighted by Gasteiger charge is -2.05. The van der Waals surface area contributed by atoms with Crippen LogP contribution in [0.1, 0.15) is 15.9 Å². The van der Waals surface area contributed by atoms with Crippen LogP contribution in [0.4, 0.5) is 5.69 Å². The minimum Gasteiger partial charge on any atom is -0.398 e. The largest absolute Gasteiger partial charge is 0.398 e. The van der Waals surface area contributed by atoms with Crippen molar-refractivity contribution in [1.29, 1.82) is 0 Å². The fourth-order valence-corrected chi connectivity index (χ4v) is 1.42. The van der Waals surface area contributed by atoms with E-state index in [0.717, 1.165) is 5.56 Å². The molecular weight excluding hydrogens is 209 g/mol. The first-order valence-electron chi connectivity index (χ1n) is 3.71. The molecule has 2 N–H and O–H groups in total. The highest BCUT2D eigenvalue weighted by molar-refractivity contribution is 6.34. The summed E-state index contributed by atoms with van der Waals surface area (Å²) in [7, 11) is 0. The second kappa shape index (κ2) is 3.99. The minimum atomic E-state index is -0.137. The molecule has 0 aliphatic rings. The van der Waals surface area contributed by atoms with Crippen LogP contribution >= 0.6 is 23.2 Å². The van der Waals surface area contributed by atoms with E-state index in [1.54, 1.807) is 19.1 Å². The van der Waals surface area contributed by atoms with Crippen molar-refractivity contribution in [2.75, 3.05) is 11.6 Å². The van der Waals surface area contributed by atoms with Gasteiger partial charge in [0, 0.05) is 5.56 Å². The van der Waals surface area contributed by atoms with Crippen molar-refractivity contribution in [2.24, 2.45) is 0 Å². The van der Waals surface area contributed by atoms with Gasteiger partial charge < -0.3 is 5.73 Å². The van der Waals surface area contributed by atoms with E-state index in [0.29, 0.717) is 16.3 Å². The van der Waals surface area contributed by atoms with Crippen LogP contribution in [0, 0.1) is 6.92 Å². The van der Waals surface area contributed by atoms with Crippen LogP contribution in [-0.2, 0) is 0 Å². The Morgan fingerprint density at radius 1 is 1.54 bits per heavy atom. The average Bonchev–Trinajstić information content (AvgIpc) is 2.10. The molecule has 2 nitrogen and oxygen atoms in total. The molecule has 70 valence electrons. The highest BCUT2D eigenvalue weighted by Crippen LogP contribution is 2.23. The lowest BCUT2D eigenvalue weighted by atomic mass is 10.0. The molecule has 1 aromatic rings. The highest BCUT2D eigenvalue weighted by atomic mass is 35.5. The number of ketones is 1. The molecule has 0 bridgehead atoms. The number of aryl methyl sites for hydroxylation is 1. The molecule has 1 aromatic carbocycles. The summed E-state index contributed by atoms with van der Waals surface area (Å²) in [6.45, 7) is 1.80. The van der Waals surface area contributed by atoms with Gasteiger partial charge in [-0.1, -0.05) is 11.6 Å². The van der Waals surface area contributed by atoms with E-state index in [9.17, 15) is 4.79 Å². The molecule has 0 amide bonds. The van der Waals surface area contributed by atoms with Crippen LogP contribution in [0.15, 0.2) is 12.1 Å². The van der Waals surface area contributed by atoms with Crippen LogP contribution in [0.25, 0.3) is 0 Å². The number of Topliss-reactive ketones (excluding diaryl/α,β-unsaturated/α-hetero) is 1. The van der Waals surface area contributed by atoms with Gasteiger partial charge in [-0.2, -0.15) is 0 Å². The molecule has 0 atom stereocenters. The molecule has 13 heavy (non-hydrogen) atoms. The molecule has 0 aromatic heterocycles. The fraction of sp³-hybridized carbons (Fsp3) is 0.222. The number of hydrogen-bond acceptors (Lipinski definition) is 2. The van der Waals surface area contributed by atoms with Gasteiger partial charge in [-0.05, 0) is 24.6 Å². The quantitative estimate of drug-likeness (QED) is 0.471. The number of nitrogen functional groups attached to an aromatic ring is 1.